The van der Waals surface area contributed by atoms with Gasteiger partial charge in [0.15, 0.2) is 0 Å². The van der Waals surface area contributed by atoms with Crippen LogP contribution in [-0.4, -0.2) is 48.3 Å². The first kappa shape index (κ1) is 11.6. The van der Waals surface area contributed by atoms with E-state index in [4.69, 9.17) is 5.26 Å². The molecule has 0 atom stereocenters. The Kier molecular flexibility index (Phi) is 3.43. The average Bonchev–Trinajstić information content (AvgIpc) is 3.19. The van der Waals surface area contributed by atoms with Crippen LogP contribution in [0.5, 0.6) is 0 Å². The second kappa shape index (κ2) is 5.00. The van der Waals surface area contributed by atoms with Crippen molar-refractivity contribution < 1.29 is 9.59 Å². The number of carbonyl (C=O) groups is 2. The molecule has 1 saturated heterocycles. The molecule has 2 fully saturated rings. The molecule has 1 aliphatic heterocycles. The van der Waals surface area contributed by atoms with Crippen molar-refractivity contribution in [3.05, 3.63) is 11.6 Å². The lowest BCUT2D eigenvalue weighted by molar-refractivity contribution is -0.131. The van der Waals surface area contributed by atoms with Gasteiger partial charge in [-0.15, -0.1) is 0 Å². The zero-order valence-electron chi connectivity index (χ0n) is 9.63. The van der Waals surface area contributed by atoms with Crippen molar-refractivity contribution in [2.45, 2.75) is 12.8 Å². The molecule has 0 aromatic rings. The van der Waals surface area contributed by atoms with Gasteiger partial charge in [-0.05, 0) is 18.8 Å². The number of rotatable bonds is 3. The van der Waals surface area contributed by atoms with E-state index in [1.165, 1.54) is 0 Å². The maximum atomic E-state index is 12.0. The molecule has 1 saturated carbocycles. The molecule has 2 rings (SSSR count). The van der Waals surface area contributed by atoms with Crippen molar-refractivity contribution in [2.75, 3.05) is 26.2 Å². The van der Waals surface area contributed by atoms with Crippen LogP contribution in [0.25, 0.3) is 0 Å². The lowest BCUT2D eigenvalue weighted by Crippen LogP contribution is -2.48. The number of piperazine rings is 1. The first-order chi connectivity index (χ1) is 8.24. The van der Waals surface area contributed by atoms with Gasteiger partial charge < -0.3 is 9.80 Å². The molecule has 0 unspecified atom stereocenters. The van der Waals surface area contributed by atoms with Crippen LogP contribution in [0, 0.1) is 17.2 Å². The molecule has 17 heavy (non-hydrogen) atoms. The smallest absolute Gasteiger partial charge is 0.264 e. The van der Waals surface area contributed by atoms with E-state index >= 15 is 0 Å². The maximum absolute atomic E-state index is 12.0. The van der Waals surface area contributed by atoms with Crippen LogP contribution in [0.2, 0.25) is 0 Å². The summed E-state index contributed by atoms with van der Waals surface area (Å²) in [4.78, 5) is 25.8. The van der Waals surface area contributed by atoms with Gasteiger partial charge in [-0.25, -0.2) is 0 Å². The molecule has 2 aliphatic rings. The molecular formula is C12H15N3O2. The predicted octanol–water partition coefficient (Wildman–Crippen LogP) is 0.147. The highest BCUT2D eigenvalue weighted by Gasteiger charge is 2.26. The Morgan fingerprint density at radius 1 is 1.24 bits per heavy atom. The Hall–Kier alpha value is -1.83. The number of amides is 2. The lowest BCUT2D eigenvalue weighted by atomic mass is 10.2. The summed E-state index contributed by atoms with van der Waals surface area (Å²) in [5.74, 6) is 0.231. The van der Waals surface area contributed by atoms with Gasteiger partial charge in [0.2, 0.25) is 6.41 Å². The van der Waals surface area contributed by atoms with Gasteiger partial charge in [0.05, 0.1) is 0 Å². The molecule has 0 N–H and O–H groups in total. The molecule has 1 aliphatic carbocycles. The summed E-state index contributed by atoms with van der Waals surface area (Å²) < 4.78 is 0. The fraction of sp³-hybridized carbons (Fsp3) is 0.583. The van der Waals surface area contributed by atoms with Crippen molar-refractivity contribution in [1.82, 2.24) is 9.80 Å². The van der Waals surface area contributed by atoms with Gasteiger partial charge in [0, 0.05) is 26.2 Å². The Morgan fingerprint density at radius 2 is 1.88 bits per heavy atom. The minimum absolute atomic E-state index is 0.190. The van der Waals surface area contributed by atoms with Crippen molar-refractivity contribution in [3.8, 4) is 6.07 Å². The van der Waals surface area contributed by atoms with E-state index in [-0.39, 0.29) is 11.5 Å². The van der Waals surface area contributed by atoms with Crippen LogP contribution in [0.15, 0.2) is 11.6 Å². The molecule has 0 spiro atoms. The van der Waals surface area contributed by atoms with Crippen molar-refractivity contribution in [2.24, 2.45) is 5.92 Å². The lowest BCUT2D eigenvalue weighted by Gasteiger charge is -2.32. The zero-order valence-corrected chi connectivity index (χ0v) is 9.63. The molecule has 5 heteroatoms. The Morgan fingerprint density at radius 3 is 2.35 bits per heavy atom. The van der Waals surface area contributed by atoms with Crippen molar-refractivity contribution in [3.63, 3.8) is 0 Å². The Balaban J connectivity index is 1.95. The van der Waals surface area contributed by atoms with Crippen LogP contribution < -0.4 is 0 Å². The highest BCUT2D eigenvalue weighted by Crippen LogP contribution is 2.31. The third-order valence-corrected chi connectivity index (χ3v) is 3.13. The third kappa shape index (κ3) is 2.84. The summed E-state index contributed by atoms with van der Waals surface area (Å²) in [7, 11) is 0. The number of carbonyl (C=O) groups excluding carboxylic acids is 2. The second-order valence-electron chi connectivity index (χ2n) is 4.46. The van der Waals surface area contributed by atoms with E-state index in [0.717, 1.165) is 19.3 Å². The molecule has 5 nitrogen and oxygen atoms in total. The molecule has 0 bridgehead atoms. The number of hydrogen-bond donors (Lipinski definition) is 0. The summed E-state index contributed by atoms with van der Waals surface area (Å²) in [6.07, 6.45) is 4.75. The van der Waals surface area contributed by atoms with E-state index < -0.39 is 0 Å². The summed E-state index contributed by atoms with van der Waals surface area (Å²) in [5.41, 5.74) is 0.257. The molecule has 2 amide bonds. The monoisotopic (exact) mass is 233 g/mol. The maximum Gasteiger partial charge on any atom is 0.264 e. The third-order valence-electron chi connectivity index (χ3n) is 3.13. The van der Waals surface area contributed by atoms with E-state index in [1.807, 2.05) is 6.07 Å². The fourth-order valence-corrected chi connectivity index (χ4v) is 1.86. The number of nitriles is 1. The van der Waals surface area contributed by atoms with Crippen LogP contribution in [0.1, 0.15) is 12.8 Å². The van der Waals surface area contributed by atoms with Gasteiger partial charge in [0.25, 0.3) is 5.91 Å². The Bertz CT molecular complexity index is 385. The number of allylic oxidation sites excluding steroid dienone is 1. The van der Waals surface area contributed by atoms with Gasteiger partial charge >= 0.3 is 0 Å². The highest BCUT2D eigenvalue weighted by atomic mass is 16.2. The standard InChI is InChI=1S/C12H15N3O2/c13-8-11(7-10-1-2-10)12(17)15-5-3-14(9-16)4-6-15/h7,9-10H,1-6H2/b11-7+. The number of nitrogens with zero attached hydrogens (tertiary/aromatic N) is 3. The fourth-order valence-electron chi connectivity index (χ4n) is 1.86. The van der Waals surface area contributed by atoms with Gasteiger partial charge in [-0.3, -0.25) is 9.59 Å². The van der Waals surface area contributed by atoms with Gasteiger partial charge in [0.1, 0.15) is 11.6 Å². The summed E-state index contributed by atoms with van der Waals surface area (Å²) in [6.45, 7) is 2.14. The molecule has 1 heterocycles. The van der Waals surface area contributed by atoms with Crippen LogP contribution in [0.4, 0.5) is 0 Å². The highest BCUT2D eigenvalue weighted by molar-refractivity contribution is 5.97. The average molecular weight is 233 g/mol. The molecule has 0 aromatic carbocycles. The summed E-state index contributed by atoms with van der Waals surface area (Å²) in [6, 6.07) is 1.98. The summed E-state index contributed by atoms with van der Waals surface area (Å²) in [5, 5.41) is 8.97. The van der Waals surface area contributed by atoms with Crippen LogP contribution in [0.3, 0.4) is 0 Å². The minimum Gasteiger partial charge on any atom is -0.342 e. The second-order valence-corrected chi connectivity index (χ2v) is 4.46. The first-order valence-electron chi connectivity index (χ1n) is 5.85. The normalized spacial score (nSPS) is 21.0. The number of hydrogen-bond acceptors (Lipinski definition) is 3. The van der Waals surface area contributed by atoms with Crippen LogP contribution in [-0.2, 0) is 9.59 Å². The van der Waals surface area contributed by atoms with Gasteiger partial charge in [-0.1, -0.05) is 6.08 Å². The molecule has 0 radical (unpaired) electrons. The SMILES string of the molecule is N#C/C(=C\C1CC1)C(=O)N1CCN(C=O)CC1. The van der Waals surface area contributed by atoms with Crippen molar-refractivity contribution in [1.29, 1.82) is 5.26 Å². The first-order valence-corrected chi connectivity index (χ1v) is 5.85. The molecule has 90 valence electrons. The predicted molar refractivity (Wildman–Crippen MR) is 60.6 cm³/mol. The van der Waals surface area contributed by atoms with Crippen LogP contribution >= 0.6 is 0 Å². The van der Waals surface area contributed by atoms with E-state index in [9.17, 15) is 9.59 Å². The summed E-state index contributed by atoms with van der Waals surface area (Å²) >= 11 is 0. The molecular weight excluding hydrogens is 218 g/mol. The van der Waals surface area contributed by atoms with E-state index in [0.29, 0.717) is 32.1 Å². The Labute approximate surface area is 100 Å². The van der Waals surface area contributed by atoms with E-state index in [1.54, 1.807) is 15.9 Å². The largest absolute Gasteiger partial charge is 0.342 e. The van der Waals surface area contributed by atoms with Gasteiger partial charge in [-0.2, -0.15) is 5.26 Å². The molecule has 0 aromatic heterocycles. The quantitative estimate of drug-likeness (QED) is 0.396. The zero-order chi connectivity index (χ0) is 12.3. The van der Waals surface area contributed by atoms with E-state index in [2.05, 4.69) is 0 Å². The minimum atomic E-state index is -0.190. The topological polar surface area (TPSA) is 64.4 Å². The van der Waals surface area contributed by atoms with Crippen molar-refractivity contribution >= 4 is 12.3 Å².